The zero-order valence-electron chi connectivity index (χ0n) is 19.7. The van der Waals surface area contributed by atoms with E-state index in [1.54, 1.807) is 39.0 Å². The number of aryl methyl sites for hydroxylation is 1. The molecule has 0 bridgehead atoms. The molecule has 3 rings (SSSR count). The fraction of sp³-hybridized carbons (Fsp3) is 0.458. The van der Waals surface area contributed by atoms with Crippen molar-refractivity contribution in [3.63, 3.8) is 0 Å². The van der Waals surface area contributed by atoms with Crippen molar-refractivity contribution in [2.75, 3.05) is 34.4 Å². The van der Waals surface area contributed by atoms with Crippen molar-refractivity contribution in [3.8, 4) is 11.5 Å². The van der Waals surface area contributed by atoms with Gasteiger partial charge in [-0.1, -0.05) is 0 Å². The molecule has 0 saturated carbocycles. The van der Waals surface area contributed by atoms with Crippen LogP contribution in [0.15, 0.2) is 18.2 Å². The lowest BCUT2D eigenvalue weighted by molar-refractivity contribution is -0.126. The summed E-state index contributed by atoms with van der Waals surface area (Å²) in [5.74, 6) is 0.177. The van der Waals surface area contributed by atoms with Gasteiger partial charge in [0.2, 0.25) is 5.91 Å². The number of hydrogen-bond donors (Lipinski definition) is 2. The quantitative estimate of drug-likeness (QED) is 0.619. The summed E-state index contributed by atoms with van der Waals surface area (Å²) in [6.07, 6.45) is 1.42. The molecule has 33 heavy (non-hydrogen) atoms. The molecule has 9 heteroatoms. The molecule has 1 aliphatic rings. The summed E-state index contributed by atoms with van der Waals surface area (Å²) in [5, 5.41) is 2.96. The Kier molecular flexibility index (Phi) is 7.63. The first-order valence-electron chi connectivity index (χ1n) is 10.9. The van der Waals surface area contributed by atoms with Gasteiger partial charge in [-0.2, -0.15) is 0 Å². The van der Waals surface area contributed by atoms with Crippen molar-refractivity contribution in [3.05, 3.63) is 46.3 Å². The number of methoxy groups -OCH3 is 3. The molecule has 178 valence electrons. The predicted octanol–water partition coefficient (Wildman–Crippen LogP) is 2.60. The number of carbonyl (C=O) groups is 3. The van der Waals surface area contributed by atoms with Crippen LogP contribution < -0.4 is 14.8 Å². The smallest absolute Gasteiger partial charge is 0.339 e. The molecule has 1 fully saturated rings. The number of ether oxygens (including phenoxy) is 3. The number of H-pyrrole nitrogens is 1. The molecule has 2 heterocycles. The Balaban J connectivity index is 1.66. The lowest BCUT2D eigenvalue weighted by Gasteiger charge is -2.32. The molecule has 2 amide bonds. The summed E-state index contributed by atoms with van der Waals surface area (Å²) >= 11 is 0. The van der Waals surface area contributed by atoms with Crippen LogP contribution in [0, 0.1) is 19.8 Å². The minimum absolute atomic E-state index is 0.111. The molecule has 2 aromatic rings. The van der Waals surface area contributed by atoms with E-state index in [0.29, 0.717) is 60.1 Å². The zero-order valence-corrected chi connectivity index (χ0v) is 19.7. The highest BCUT2D eigenvalue weighted by Crippen LogP contribution is 2.26. The van der Waals surface area contributed by atoms with Crippen LogP contribution >= 0.6 is 0 Å². The van der Waals surface area contributed by atoms with Crippen molar-refractivity contribution in [1.82, 2.24) is 15.2 Å². The number of esters is 1. The van der Waals surface area contributed by atoms with E-state index < -0.39 is 5.97 Å². The van der Waals surface area contributed by atoms with E-state index in [1.807, 2.05) is 12.1 Å². The molecule has 1 aliphatic heterocycles. The molecule has 1 aromatic carbocycles. The van der Waals surface area contributed by atoms with Crippen molar-refractivity contribution in [2.45, 2.75) is 33.2 Å². The van der Waals surface area contributed by atoms with Gasteiger partial charge >= 0.3 is 5.97 Å². The Hall–Kier alpha value is -3.49. The maximum absolute atomic E-state index is 13.2. The Morgan fingerprint density at radius 1 is 1.15 bits per heavy atom. The van der Waals surface area contributed by atoms with Gasteiger partial charge in [0.15, 0.2) is 0 Å². The first-order valence-corrected chi connectivity index (χ1v) is 10.9. The van der Waals surface area contributed by atoms with Crippen LogP contribution in [0.4, 0.5) is 0 Å². The molecular formula is C24H31N3O6. The molecule has 0 aliphatic carbocycles. The minimum atomic E-state index is -0.481. The fourth-order valence-corrected chi connectivity index (χ4v) is 4.23. The average molecular weight is 458 g/mol. The number of rotatable bonds is 7. The number of aromatic nitrogens is 1. The van der Waals surface area contributed by atoms with Gasteiger partial charge in [0.25, 0.3) is 5.91 Å². The molecule has 1 atom stereocenters. The molecule has 0 radical (unpaired) electrons. The number of aromatic amines is 1. The maximum Gasteiger partial charge on any atom is 0.339 e. The van der Waals surface area contributed by atoms with Gasteiger partial charge in [0.1, 0.15) is 17.2 Å². The van der Waals surface area contributed by atoms with Crippen LogP contribution in [0.2, 0.25) is 0 Å². The summed E-state index contributed by atoms with van der Waals surface area (Å²) in [5.41, 5.74) is 2.71. The second-order valence-electron chi connectivity index (χ2n) is 8.10. The Labute approximate surface area is 193 Å². The molecule has 1 saturated heterocycles. The number of hydrogen-bond acceptors (Lipinski definition) is 6. The van der Waals surface area contributed by atoms with Crippen molar-refractivity contribution in [1.29, 1.82) is 0 Å². The standard InChI is InChI=1S/C24H31N3O6/c1-14-20(24(30)33-5)15(2)26-21(14)23(29)27-10-6-7-17(13-27)22(28)25-12-16-8-9-18(31-3)11-19(16)32-4/h8-9,11,17,26H,6-7,10,12-13H2,1-5H3,(H,25,28). The average Bonchev–Trinajstić information content (AvgIpc) is 3.14. The second-order valence-corrected chi connectivity index (χ2v) is 8.10. The van der Waals surface area contributed by atoms with E-state index in [-0.39, 0.29) is 17.7 Å². The zero-order chi connectivity index (χ0) is 24.1. The van der Waals surface area contributed by atoms with E-state index in [1.165, 1.54) is 7.11 Å². The van der Waals surface area contributed by atoms with Gasteiger partial charge in [-0.25, -0.2) is 4.79 Å². The summed E-state index contributed by atoms with van der Waals surface area (Å²) in [7, 11) is 4.46. The van der Waals surface area contributed by atoms with E-state index in [2.05, 4.69) is 10.3 Å². The number of benzene rings is 1. The minimum Gasteiger partial charge on any atom is -0.497 e. The highest BCUT2D eigenvalue weighted by Gasteiger charge is 2.31. The highest BCUT2D eigenvalue weighted by molar-refractivity contribution is 6.00. The molecular weight excluding hydrogens is 426 g/mol. The number of piperidine rings is 1. The van der Waals surface area contributed by atoms with Crippen LogP contribution in [-0.2, 0) is 16.1 Å². The third kappa shape index (κ3) is 5.13. The predicted molar refractivity (Wildman–Crippen MR) is 122 cm³/mol. The van der Waals surface area contributed by atoms with Gasteiger partial charge in [-0.3, -0.25) is 9.59 Å². The van der Waals surface area contributed by atoms with Crippen molar-refractivity contribution < 1.29 is 28.6 Å². The lowest BCUT2D eigenvalue weighted by atomic mass is 9.96. The van der Waals surface area contributed by atoms with Crippen LogP contribution in [0.25, 0.3) is 0 Å². The monoisotopic (exact) mass is 457 g/mol. The number of amides is 2. The van der Waals surface area contributed by atoms with Gasteiger partial charge in [0.05, 0.1) is 32.8 Å². The summed E-state index contributed by atoms with van der Waals surface area (Å²) in [4.78, 5) is 42.8. The summed E-state index contributed by atoms with van der Waals surface area (Å²) in [6, 6.07) is 5.43. The van der Waals surface area contributed by atoms with Crippen LogP contribution in [0.5, 0.6) is 11.5 Å². The van der Waals surface area contributed by atoms with E-state index >= 15 is 0 Å². The topological polar surface area (TPSA) is 110 Å². The third-order valence-corrected chi connectivity index (χ3v) is 6.07. The first-order chi connectivity index (χ1) is 15.8. The molecule has 2 N–H and O–H groups in total. The van der Waals surface area contributed by atoms with Crippen LogP contribution in [-0.4, -0.2) is 62.1 Å². The number of carbonyl (C=O) groups excluding carboxylic acids is 3. The number of nitrogens with zero attached hydrogens (tertiary/aromatic N) is 1. The van der Waals surface area contributed by atoms with E-state index in [0.717, 1.165) is 12.0 Å². The van der Waals surface area contributed by atoms with Crippen molar-refractivity contribution in [2.24, 2.45) is 5.92 Å². The van der Waals surface area contributed by atoms with Gasteiger partial charge in [0, 0.05) is 37.0 Å². The number of likely N-dealkylation sites (tertiary alicyclic amines) is 1. The lowest BCUT2D eigenvalue weighted by Crippen LogP contribution is -2.45. The van der Waals surface area contributed by atoms with Crippen LogP contribution in [0.1, 0.15) is 50.5 Å². The van der Waals surface area contributed by atoms with Gasteiger partial charge in [-0.15, -0.1) is 0 Å². The van der Waals surface area contributed by atoms with Crippen molar-refractivity contribution >= 4 is 17.8 Å². The van der Waals surface area contributed by atoms with E-state index in [4.69, 9.17) is 14.2 Å². The Morgan fingerprint density at radius 2 is 1.91 bits per heavy atom. The van der Waals surface area contributed by atoms with E-state index in [9.17, 15) is 14.4 Å². The first kappa shape index (κ1) is 24.2. The molecule has 1 aromatic heterocycles. The molecule has 1 unspecified atom stereocenters. The largest absolute Gasteiger partial charge is 0.497 e. The number of nitrogens with one attached hydrogen (secondary N) is 2. The highest BCUT2D eigenvalue weighted by atomic mass is 16.5. The second kappa shape index (κ2) is 10.4. The SMILES string of the molecule is COC(=O)c1c(C)[nH]c(C(=O)N2CCCC(C(=O)NCc3ccc(OC)cc3OC)C2)c1C. The van der Waals surface area contributed by atoms with Gasteiger partial charge < -0.3 is 29.4 Å². The molecule has 0 spiro atoms. The van der Waals surface area contributed by atoms with Gasteiger partial charge in [-0.05, 0) is 44.4 Å². The molecule has 9 nitrogen and oxygen atoms in total. The summed E-state index contributed by atoms with van der Waals surface area (Å²) in [6.45, 7) is 4.64. The maximum atomic E-state index is 13.2. The summed E-state index contributed by atoms with van der Waals surface area (Å²) < 4.78 is 15.4. The van der Waals surface area contributed by atoms with Crippen LogP contribution in [0.3, 0.4) is 0 Å². The third-order valence-electron chi connectivity index (χ3n) is 6.07. The fourth-order valence-electron chi connectivity index (χ4n) is 4.23. The Morgan fingerprint density at radius 3 is 2.58 bits per heavy atom. The normalized spacial score (nSPS) is 15.7. The Bertz CT molecular complexity index is 1050.